The fraction of sp³-hybridized carbons (Fsp3) is 0.647. The molecule has 1 heterocycles. The van der Waals surface area contributed by atoms with Crippen LogP contribution in [0.3, 0.4) is 0 Å². The maximum absolute atomic E-state index is 5.97. The third-order valence-electron chi connectivity index (χ3n) is 3.96. The van der Waals surface area contributed by atoms with E-state index in [0.717, 1.165) is 19.6 Å². The number of hydrogen-bond acceptors (Lipinski definition) is 2. The lowest BCUT2D eigenvalue weighted by Crippen LogP contribution is -2.38. The van der Waals surface area contributed by atoms with E-state index >= 15 is 0 Å². The van der Waals surface area contributed by atoms with Gasteiger partial charge in [0.1, 0.15) is 0 Å². The maximum Gasteiger partial charge on any atom is 0.0236 e. The minimum Gasteiger partial charge on any atom is -0.330 e. The fourth-order valence-electron chi connectivity index (χ4n) is 3.16. The Morgan fingerprint density at radius 2 is 1.89 bits per heavy atom. The molecule has 1 aliphatic rings. The number of nitrogens with two attached hydrogens (primary N) is 1. The lowest BCUT2D eigenvalue weighted by atomic mass is 9.84. The van der Waals surface area contributed by atoms with Crippen molar-refractivity contribution in [1.82, 2.24) is 4.90 Å². The topological polar surface area (TPSA) is 29.3 Å². The van der Waals surface area contributed by atoms with Crippen molar-refractivity contribution in [2.45, 2.75) is 40.2 Å². The third-order valence-corrected chi connectivity index (χ3v) is 3.96. The third kappa shape index (κ3) is 4.32. The molecule has 2 nitrogen and oxygen atoms in total. The second-order valence-electron chi connectivity index (χ2n) is 7.12. The van der Waals surface area contributed by atoms with E-state index < -0.39 is 0 Å². The molecule has 0 fully saturated rings. The van der Waals surface area contributed by atoms with Crippen LogP contribution in [0, 0.1) is 11.3 Å². The lowest BCUT2D eigenvalue weighted by molar-refractivity contribution is 0.182. The quantitative estimate of drug-likeness (QED) is 0.901. The van der Waals surface area contributed by atoms with Gasteiger partial charge in [-0.1, -0.05) is 45.0 Å². The first kappa shape index (κ1) is 14.5. The van der Waals surface area contributed by atoms with Gasteiger partial charge in [-0.3, -0.25) is 4.90 Å². The molecule has 106 valence electrons. The maximum atomic E-state index is 5.97. The van der Waals surface area contributed by atoms with Gasteiger partial charge in [0.2, 0.25) is 0 Å². The van der Waals surface area contributed by atoms with Crippen molar-refractivity contribution in [2.24, 2.45) is 17.1 Å². The van der Waals surface area contributed by atoms with E-state index in [4.69, 9.17) is 5.73 Å². The molecule has 0 bridgehead atoms. The summed E-state index contributed by atoms with van der Waals surface area (Å²) in [5.41, 5.74) is 9.36. The Balaban J connectivity index is 1.94. The van der Waals surface area contributed by atoms with Crippen LogP contribution < -0.4 is 5.73 Å². The minimum absolute atomic E-state index is 0.373. The highest BCUT2D eigenvalue weighted by Gasteiger charge is 2.22. The molecule has 0 saturated carbocycles. The van der Waals surface area contributed by atoms with E-state index in [1.54, 1.807) is 0 Å². The first-order chi connectivity index (χ1) is 8.98. The summed E-state index contributed by atoms with van der Waals surface area (Å²) in [6.45, 7) is 11.1. The molecule has 0 saturated heterocycles. The second kappa shape index (κ2) is 6.06. The van der Waals surface area contributed by atoms with E-state index in [0.29, 0.717) is 11.3 Å². The summed E-state index contributed by atoms with van der Waals surface area (Å²) in [4.78, 5) is 2.58. The predicted octanol–water partition coefficient (Wildman–Crippen LogP) is 3.06. The molecule has 0 aromatic heterocycles. The van der Waals surface area contributed by atoms with Gasteiger partial charge in [0, 0.05) is 19.6 Å². The molecular formula is C17H28N2. The van der Waals surface area contributed by atoms with E-state index in [-0.39, 0.29) is 0 Å². The van der Waals surface area contributed by atoms with Crippen LogP contribution in [0.2, 0.25) is 0 Å². The molecule has 0 radical (unpaired) electrons. The van der Waals surface area contributed by atoms with E-state index in [9.17, 15) is 0 Å². The van der Waals surface area contributed by atoms with Crippen LogP contribution in [0.15, 0.2) is 24.3 Å². The van der Waals surface area contributed by atoms with Crippen molar-refractivity contribution in [2.75, 3.05) is 19.6 Å². The fourth-order valence-corrected chi connectivity index (χ4v) is 3.16. The summed E-state index contributed by atoms with van der Waals surface area (Å²) in [5.74, 6) is 0.616. The number of fused-ring (bicyclic) bond motifs is 1. The summed E-state index contributed by atoms with van der Waals surface area (Å²) in [7, 11) is 0. The predicted molar refractivity (Wildman–Crippen MR) is 82.0 cm³/mol. The zero-order valence-electron chi connectivity index (χ0n) is 12.7. The molecular weight excluding hydrogens is 232 g/mol. The van der Waals surface area contributed by atoms with Crippen molar-refractivity contribution < 1.29 is 0 Å². The van der Waals surface area contributed by atoms with Gasteiger partial charge < -0.3 is 5.73 Å². The Bertz CT molecular complexity index is 406. The van der Waals surface area contributed by atoms with E-state index in [1.165, 1.54) is 30.5 Å². The zero-order valence-corrected chi connectivity index (χ0v) is 12.7. The normalized spacial score (nSPS) is 18.1. The van der Waals surface area contributed by atoms with Crippen LogP contribution in [0.25, 0.3) is 0 Å². The van der Waals surface area contributed by atoms with Gasteiger partial charge in [0.25, 0.3) is 0 Å². The van der Waals surface area contributed by atoms with Crippen LogP contribution in [0.5, 0.6) is 0 Å². The molecule has 1 atom stereocenters. The molecule has 2 N–H and O–H groups in total. The number of rotatable bonds is 4. The molecule has 1 aliphatic heterocycles. The van der Waals surface area contributed by atoms with E-state index in [2.05, 4.69) is 49.9 Å². The smallest absolute Gasteiger partial charge is 0.0236 e. The Labute approximate surface area is 118 Å². The largest absolute Gasteiger partial charge is 0.330 e. The average molecular weight is 260 g/mol. The van der Waals surface area contributed by atoms with Crippen LogP contribution in [-0.4, -0.2) is 24.5 Å². The summed E-state index contributed by atoms with van der Waals surface area (Å²) < 4.78 is 0. The van der Waals surface area contributed by atoms with Gasteiger partial charge in [-0.2, -0.15) is 0 Å². The molecule has 0 aliphatic carbocycles. The van der Waals surface area contributed by atoms with Crippen molar-refractivity contribution in [1.29, 1.82) is 0 Å². The van der Waals surface area contributed by atoms with Crippen molar-refractivity contribution in [3.05, 3.63) is 35.4 Å². The monoisotopic (exact) mass is 260 g/mol. The molecule has 1 aromatic carbocycles. The van der Waals surface area contributed by atoms with Gasteiger partial charge in [0.15, 0.2) is 0 Å². The van der Waals surface area contributed by atoms with Crippen molar-refractivity contribution in [3.8, 4) is 0 Å². The molecule has 0 spiro atoms. The van der Waals surface area contributed by atoms with Gasteiger partial charge in [-0.05, 0) is 41.8 Å². The number of hydrogen-bond donors (Lipinski definition) is 1. The molecule has 2 rings (SSSR count). The highest BCUT2D eigenvalue weighted by Crippen LogP contribution is 2.26. The van der Waals surface area contributed by atoms with E-state index in [1.807, 2.05) is 0 Å². The SMILES string of the molecule is CC(C)(C)CC(CN)CN1CCc2ccccc2C1. The Morgan fingerprint density at radius 1 is 1.21 bits per heavy atom. The van der Waals surface area contributed by atoms with Gasteiger partial charge in [-0.15, -0.1) is 0 Å². The highest BCUT2D eigenvalue weighted by atomic mass is 15.1. The summed E-state index contributed by atoms with van der Waals surface area (Å²) in [5, 5.41) is 0. The summed E-state index contributed by atoms with van der Waals surface area (Å²) in [6, 6.07) is 8.83. The zero-order chi connectivity index (χ0) is 13.9. The molecule has 19 heavy (non-hydrogen) atoms. The van der Waals surface area contributed by atoms with Crippen molar-refractivity contribution in [3.63, 3.8) is 0 Å². The van der Waals surface area contributed by atoms with Crippen LogP contribution in [-0.2, 0) is 13.0 Å². The minimum atomic E-state index is 0.373. The Hall–Kier alpha value is -0.860. The Morgan fingerprint density at radius 3 is 2.53 bits per heavy atom. The second-order valence-corrected chi connectivity index (χ2v) is 7.12. The summed E-state index contributed by atoms with van der Waals surface area (Å²) in [6.07, 6.45) is 2.39. The van der Waals surface area contributed by atoms with Crippen molar-refractivity contribution >= 4 is 0 Å². The van der Waals surface area contributed by atoms with Crippen LogP contribution in [0.4, 0.5) is 0 Å². The van der Waals surface area contributed by atoms with Gasteiger partial charge >= 0.3 is 0 Å². The van der Waals surface area contributed by atoms with Crippen LogP contribution in [0.1, 0.15) is 38.3 Å². The molecule has 1 aromatic rings. The van der Waals surface area contributed by atoms with Gasteiger partial charge in [-0.25, -0.2) is 0 Å². The standard InChI is InChI=1S/C17H28N2/c1-17(2,3)10-14(11-18)12-19-9-8-15-6-4-5-7-16(15)13-19/h4-7,14H,8-13,18H2,1-3H3. The summed E-state index contributed by atoms with van der Waals surface area (Å²) >= 11 is 0. The molecule has 2 heteroatoms. The molecule has 1 unspecified atom stereocenters. The van der Waals surface area contributed by atoms with Crippen LogP contribution >= 0.6 is 0 Å². The number of benzene rings is 1. The average Bonchev–Trinajstić information content (AvgIpc) is 2.36. The highest BCUT2D eigenvalue weighted by molar-refractivity contribution is 5.29. The lowest BCUT2D eigenvalue weighted by Gasteiger charge is -2.33. The first-order valence-electron chi connectivity index (χ1n) is 7.47. The van der Waals surface area contributed by atoms with Gasteiger partial charge in [0.05, 0.1) is 0 Å². The Kier molecular flexibility index (Phi) is 4.64. The first-order valence-corrected chi connectivity index (χ1v) is 7.47. The number of nitrogens with zero attached hydrogens (tertiary/aromatic N) is 1. The molecule has 0 amide bonds.